The molecular formula is C21H26O3. The van der Waals surface area contributed by atoms with E-state index in [0.29, 0.717) is 18.3 Å². The molecule has 10 aliphatic rings. The van der Waals surface area contributed by atoms with Gasteiger partial charge < -0.3 is 14.2 Å². The molecule has 3 nitrogen and oxygen atoms in total. The van der Waals surface area contributed by atoms with Gasteiger partial charge in [0.1, 0.15) is 0 Å². The van der Waals surface area contributed by atoms with Gasteiger partial charge >= 0.3 is 0 Å². The Bertz CT molecular complexity index is 693. The second kappa shape index (κ2) is 3.27. The van der Waals surface area contributed by atoms with Gasteiger partial charge in [0.2, 0.25) is 0 Å². The van der Waals surface area contributed by atoms with Gasteiger partial charge in [-0.25, -0.2) is 0 Å². The molecule has 0 aromatic carbocycles. The van der Waals surface area contributed by atoms with Crippen molar-refractivity contribution < 1.29 is 14.2 Å². The average Bonchev–Trinajstić information content (AvgIpc) is 3.33. The summed E-state index contributed by atoms with van der Waals surface area (Å²) in [5.41, 5.74) is 0.247. The zero-order chi connectivity index (χ0) is 15.1. The smallest absolute Gasteiger partial charge is 0.166 e. The standard InChI is InChI=1S/C21H26O3/c1-22-20-21-17-7-3-5-8-10(7)13-15(17)14-12(16(13)19(21)23-8)6-2-4-9(24-20)11(6)18(14)21/h6-20H,2-5H2,1H3/t6-,7+,8+,9-,10+,11+,12-,13+,14+,15+,16-,17+,18-,19-,20-,21+/m0/s1. The Morgan fingerprint density at radius 2 is 1.50 bits per heavy atom. The van der Waals surface area contributed by atoms with Gasteiger partial charge in [0, 0.05) is 7.11 Å². The zero-order valence-corrected chi connectivity index (χ0v) is 14.2. The summed E-state index contributed by atoms with van der Waals surface area (Å²) in [6.07, 6.45) is 7.15. The normalized spacial score (nSPS) is 82.1. The largest absolute Gasteiger partial charge is 0.374 e. The minimum absolute atomic E-state index is 0.0330. The van der Waals surface area contributed by atoms with Crippen molar-refractivity contribution in [1.29, 1.82) is 0 Å². The molecule has 16 atom stereocenters. The maximum atomic E-state index is 7.02. The fourth-order valence-electron chi connectivity index (χ4n) is 12.2. The highest BCUT2D eigenvalue weighted by atomic mass is 16.7. The number of methoxy groups -OCH3 is 1. The van der Waals surface area contributed by atoms with Crippen LogP contribution in [-0.2, 0) is 14.2 Å². The molecule has 0 aromatic rings. The number of hydrogen-bond donors (Lipinski definition) is 0. The molecule has 128 valence electrons. The summed E-state index contributed by atoms with van der Waals surface area (Å²) in [6, 6.07) is 0. The maximum absolute atomic E-state index is 7.02. The summed E-state index contributed by atoms with van der Waals surface area (Å²) >= 11 is 0. The first kappa shape index (κ1) is 12.3. The molecule has 0 unspecified atom stereocenters. The minimum Gasteiger partial charge on any atom is -0.374 e. The second-order valence-electron chi connectivity index (χ2n) is 10.9. The second-order valence-corrected chi connectivity index (χ2v) is 10.9. The molecule has 8 aliphatic carbocycles. The summed E-state index contributed by atoms with van der Waals surface area (Å²) in [5.74, 6) is 10.5. The molecule has 1 spiro atoms. The molecule has 10 rings (SSSR count). The van der Waals surface area contributed by atoms with E-state index >= 15 is 0 Å². The van der Waals surface area contributed by atoms with Gasteiger partial charge in [0.05, 0.1) is 23.7 Å². The van der Waals surface area contributed by atoms with Crippen LogP contribution in [0.2, 0.25) is 0 Å². The Hall–Kier alpha value is -0.120. The monoisotopic (exact) mass is 326 g/mol. The fourth-order valence-corrected chi connectivity index (χ4v) is 12.2. The van der Waals surface area contributed by atoms with Crippen molar-refractivity contribution in [3.63, 3.8) is 0 Å². The van der Waals surface area contributed by atoms with Gasteiger partial charge in [-0.3, -0.25) is 0 Å². The first-order valence-corrected chi connectivity index (χ1v) is 10.7. The van der Waals surface area contributed by atoms with Crippen LogP contribution in [0.4, 0.5) is 0 Å². The predicted octanol–water partition coefficient (Wildman–Crippen LogP) is 2.55. The van der Waals surface area contributed by atoms with Crippen molar-refractivity contribution in [3.05, 3.63) is 0 Å². The zero-order valence-electron chi connectivity index (χ0n) is 14.2. The van der Waals surface area contributed by atoms with Crippen molar-refractivity contribution in [2.24, 2.45) is 70.5 Å². The summed E-state index contributed by atoms with van der Waals surface area (Å²) in [5, 5.41) is 0. The maximum Gasteiger partial charge on any atom is 0.166 e. The summed E-state index contributed by atoms with van der Waals surface area (Å²) in [7, 11) is 1.92. The molecule has 8 saturated carbocycles. The molecular weight excluding hydrogens is 300 g/mol. The molecule has 10 fully saturated rings. The number of hydrogen-bond acceptors (Lipinski definition) is 3. The molecule has 2 saturated heterocycles. The number of ether oxygens (including phenoxy) is 3. The minimum atomic E-state index is 0.0330. The van der Waals surface area contributed by atoms with Gasteiger partial charge in [-0.2, -0.15) is 0 Å². The predicted molar refractivity (Wildman–Crippen MR) is 83.6 cm³/mol. The van der Waals surface area contributed by atoms with Gasteiger partial charge in [0.15, 0.2) is 6.29 Å². The van der Waals surface area contributed by atoms with E-state index in [1.165, 1.54) is 25.7 Å². The topological polar surface area (TPSA) is 27.7 Å². The Balaban J connectivity index is 1.41. The van der Waals surface area contributed by atoms with Gasteiger partial charge in [-0.15, -0.1) is 0 Å². The lowest BCUT2D eigenvalue weighted by atomic mass is 9.53. The van der Waals surface area contributed by atoms with Crippen molar-refractivity contribution in [2.45, 2.75) is 50.3 Å². The lowest BCUT2D eigenvalue weighted by molar-refractivity contribution is -0.336. The molecule has 0 radical (unpaired) electrons. The van der Waals surface area contributed by atoms with Crippen molar-refractivity contribution in [3.8, 4) is 0 Å². The lowest BCUT2D eigenvalue weighted by Crippen LogP contribution is -2.66. The van der Waals surface area contributed by atoms with Crippen LogP contribution in [0.3, 0.4) is 0 Å². The van der Waals surface area contributed by atoms with Crippen LogP contribution < -0.4 is 0 Å². The summed E-state index contributed by atoms with van der Waals surface area (Å²) < 4.78 is 20.0. The molecule has 2 heterocycles. The van der Waals surface area contributed by atoms with E-state index in [9.17, 15) is 0 Å². The first-order valence-electron chi connectivity index (χ1n) is 10.7. The highest BCUT2D eigenvalue weighted by molar-refractivity contribution is 5.38. The molecule has 9 bridgehead atoms. The summed E-state index contributed by atoms with van der Waals surface area (Å²) in [4.78, 5) is 0. The van der Waals surface area contributed by atoms with E-state index in [1.807, 2.05) is 7.11 Å². The van der Waals surface area contributed by atoms with Gasteiger partial charge in [-0.05, 0) is 90.8 Å². The Labute approximate surface area is 142 Å². The van der Waals surface area contributed by atoms with Gasteiger partial charge in [-0.1, -0.05) is 0 Å². The van der Waals surface area contributed by atoms with E-state index in [2.05, 4.69) is 0 Å². The quantitative estimate of drug-likeness (QED) is 0.741. The molecule has 24 heavy (non-hydrogen) atoms. The average molecular weight is 326 g/mol. The van der Waals surface area contributed by atoms with Crippen LogP contribution in [0.1, 0.15) is 25.7 Å². The van der Waals surface area contributed by atoms with E-state index < -0.39 is 0 Å². The van der Waals surface area contributed by atoms with Crippen LogP contribution in [0.5, 0.6) is 0 Å². The SMILES string of the molecule is CO[C@H]1O[C@H]2CC[C@@H]3[C@H]4[C@@H]5[C@H]6[C@@H]7[C@H]4[C@@H]4O[C@@H]8CC[C@H]([C@@H]78)[C@H]6[C@]14[C@H]5[C@H]32. The number of rotatable bonds is 1. The molecule has 3 heteroatoms. The van der Waals surface area contributed by atoms with Crippen molar-refractivity contribution in [1.82, 2.24) is 0 Å². The molecule has 0 N–H and O–H groups in total. The van der Waals surface area contributed by atoms with Crippen LogP contribution in [-0.4, -0.2) is 31.7 Å². The Morgan fingerprint density at radius 3 is 2.38 bits per heavy atom. The Kier molecular flexibility index (Phi) is 1.68. The lowest BCUT2D eigenvalue weighted by Gasteiger charge is -2.60. The van der Waals surface area contributed by atoms with Crippen LogP contribution in [0.15, 0.2) is 0 Å². The molecule has 0 aromatic heterocycles. The fraction of sp³-hybridized carbons (Fsp3) is 1.00. The van der Waals surface area contributed by atoms with E-state index in [0.717, 1.165) is 65.1 Å². The van der Waals surface area contributed by atoms with Crippen LogP contribution in [0, 0.1) is 70.5 Å². The molecule has 2 aliphatic heterocycles. The van der Waals surface area contributed by atoms with Gasteiger partial charge in [0.25, 0.3) is 0 Å². The van der Waals surface area contributed by atoms with E-state index in [1.54, 1.807) is 0 Å². The third kappa shape index (κ3) is 0.820. The van der Waals surface area contributed by atoms with E-state index in [-0.39, 0.29) is 11.7 Å². The molecule has 0 amide bonds. The third-order valence-electron chi connectivity index (χ3n) is 11.5. The third-order valence-corrected chi connectivity index (χ3v) is 11.5. The van der Waals surface area contributed by atoms with Crippen molar-refractivity contribution in [2.75, 3.05) is 7.11 Å². The van der Waals surface area contributed by atoms with Crippen molar-refractivity contribution >= 4 is 0 Å². The first-order chi connectivity index (χ1) is 11.9. The highest BCUT2D eigenvalue weighted by Crippen LogP contribution is 2.91. The summed E-state index contributed by atoms with van der Waals surface area (Å²) in [6.45, 7) is 0. The van der Waals surface area contributed by atoms with E-state index in [4.69, 9.17) is 14.2 Å². The Morgan fingerprint density at radius 1 is 0.708 bits per heavy atom. The van der Waals surface area contributed by atoms with Crippen LogP contribution >= 0.6 is 0 Å². The van der Waals surface area contributed by atoms with Crippen LogP contribution in [0.25, 0.3) is 0 Å². The highest BCUT2D eigenvalue weighted by Gasteiger charge is 2.92.